The van der Waals surface area contributed by atoms with Crippen molar-refractivity contribution in [3.63, 3.8) is 0 Å². The highest BCUT2D eigenvalue weighted by Gasteiger charge is 2.08. The summed E-state index contributed by atoms with van der Waals surface area (Å²) >= 11 is 0. The van der Waals surface area contributed by atoms with Crippen LogP contribution in [0.25, 0.3) is 22.4 Å². The summed E-state index contributed by atoms with van der Waals surface area (Å²) in [4.78, 5) is 4.42. The standard InChI is InChI=1S/C18H12N2O/c19-12-18-16(13-4-2-1-3-5-13)10-11-17(20-18)14-6-8-15(21)9-7-14/h1-11,21H. The molecule has 1 heterocycles. The number of aromatic nitrogens is 1. The molecule has 0 saturated carbocycles. The zero-order chi connectivity index (χ0) is 14.7. The molecule has 0 aliphatic carbocycles. The minimum atomic E-state index is 0.208. The molecule has 0 bridgehead atoms. The minimum absolute atomic E-state index is 0.208. The highest BCUT2D eigenvalue weighted by atomic mass is 16.3. The number of phenolic OH excluding ortho intramolecular Hbond substituents is 1. The molecule has 1 aromatic heterocycles. The first-order valence-corrected chi connectivity index (χ1v) is 6.54. The lowest BCUT2D eigenvalue weighted by atomic mass is 10.0. The van der Waals surface area contributed by atoms with Gasteiger partial charge in [0.05, 0.1) is 5.69 Å². The zero-order valence-electron chi connectivity index (χ0n) is 11.2. The van der Waals surface area contributed by atoms with E-state index in [0.29, 0.717) is 11.4 Å². The fourth-order valence-electron chi connectivity index (χ4n) is 2.19. The van der Waals surface area contributed by atoms with Gasteiger partial charge in [0.2, 0.25) is 0 Å². The van der Waals surface area contributed by atoms with Crippen LogP contribution >= 0.6 is 0 Å². The van der Waals surface area contributed by atoms with Gasteiger partial charge in [0.15, 0.2) is 0 Å². The van der Waals surface area contributed by atoms with Gasteiger partial charge in [-0.1, -0.05) is 30.3 Å². The van der Waals surface area contributed by atoms with Gasteiger partial charge in [-0.15, -0.1) is 0 Å². The Morgan fingerprint density at radius 3 is 2.19 bits per heavy atom. The second kappa shape index (κ2) is 5.48. The summed E-state index contributed by atoms with van der Waals surface area (Å²) in [6.07, 6.45) is 0. The molecule has 0 fully saturated rings. The fourth-order valence-corrected chi connectivity index (χ4v) is 2.19. The number of hydrogen-bond acceptors (Lipinski definition) is 3. The van der Waals surface area contributed by atoms with Crippen LogP contribution in [0.15, 0.2) is 66.7 Å². The predicted octanol–water partition coefficient (Wildman–Crippen LogP) is 3.99. The molecule has 3 nitrogen and oxygen atoms in total. The maximum absolute atomic E-state index is 9.34. The largest absolute Gasteiger partial charge is 0.508 e. The minimum Gasteiger partial charge on any atom is -0.508 e. The summed E-state index contributed by atoms with van der Waals surface area (Å²) in [6.45, 7) is 0. The fraction of sp³-hybridized carbons (Fsp3) is 0. The van der Waals surface area contributed by atoms with Gasteiger partial charge >= 0.3 is 0 Å². The molecule has 21 heavy (non-hydrogen) atoms. The first-order valence-electron chi connectivity index (χ1n) is 6.54. The Labute approximate surface area is 122 Å². The van der Waals surface area contributed by atoms with Crippen molar-refractivity contribution in [2.45, 2.75) is 0 Å². The Morgan fingerprint density at radius 1 is 0.810 bits per heavy atom. The maximum Gasteiger partial charge on any atom is 0.148 e. The maximum atomic E-state index is 9.34. The third kappa shape index (κ3) is 2.60. The molecule has 3 rings (SSSR count). The normalized spacial score (nSPS) is 10.0. The van der Waals surface area contributed by atoms with E-state index in [1.165, 1.54) is 0 Å². The van der Waals surface area contributed by atoms with E-state index in [9.17, 15) is 10.4 Å². The Hall–Kier alpha value is -3.12. The monoisotopic (exact) mass is 272 g/mol. The average Bonchev–Trinajstić information content (AvgIpc) is 2.56. The van der Waals surface area contributed by atoms with E-state index in [-0.39, 0.29) is 5.75 Å². The van der Waals surface area contributed by atoms with E-state index in [4.69, 9.17) is 0 Å². The smallest absolute Gasteiger partial charge is 0.148 e. The van der Waals surface area contributed by atoms with Crippen molar-refractivity contribution in [1.82, 2.24) is 4.98 Å². The van der Waals surface area contributed by atoms with Crippen LogP contribution < -0.4 is 0 Å². The predicted molar refractivity (Wildman–Crippen MR) is 81.5 cm³/mol. The zero-order valence-corrected chi connectivity index (χ0v) is 11.2. The number of nitrogens with zero attached hydrogens (tertiary/aromatic N) is 2. The molecule has 0 unspecified atom stereocenters. The molecular formula is C18H12N2O. The highest BCUT2D eigenvalue weighted by Crippen LogP contribution is 2.26. The van der Waals surface area contributed by atoms with Gasteiger partial charge in [0, 0.05) is 11.1 Å². The topological polar surface area (TPSA) is 56.9 Å². The lowest BCUT2D eigenvalue weighted by Crippen LogP contribution is -1.92. The van der Waals surface area contributed by atoms with Gasteiger partial charge in [-0.2, -0.15) is 5.26 Å². The van der Waals surface area contributed by atoms with E-state index in [0.717, 1.165) is 16.7 Å². The van der Waals surface area contributed by atoms with Gasteiger partial charge in [-0.05, 0) is 42.0 Å². The van der Waals surface area contributed by atoms with E-state index in [1.54, 1.807) is 24.3 Å². The number of benzene rings is 2. The van der Waals surface area contributed by atoms with Crippen molar-refractivity contribution in [3.8, 4) is 34.2 Å². The van der Waals surface area contributed by atoms with Crippen LogP contribution in [-0.2, 0) is 0 Å². The molecule has 0 atom stereocenters. The molecule has 0 spiro atoms. The molecule has 3 heteroatoms. The molecule has 2 aromatic carbocycles. The molecule has 0 amide bonds. The van der Waals surface area contributed by atoms with Crippen molar-refractivity contribution >= 4 is 0 Å². The van der Waals surface area contributed by atoms with E-state index in [2.05, 4.69) is 11.1 Å². The third-order valence-electron chi connectivity index (χ3n) is 3.25. The van der Waals surface area contributed by atoms with Crippen LogP contribution in [-0.4, -0.2) is 10.1 Å². The van der Waals surface area contributed by atoms with Crippen molar-refractivity contribution in [3.05, 3.63) is 72.4 Å². The van der Waals surface area contributed by atoms with Crippen LogP contribution in [0.5, 0.6) is 5.75 Å². The van der Waals surface area contributed by atoms with Crippen molar-refractivity contribution in [2.24, 2.45) is 0 Å². The van der Waals surface area contributed by atoms with Crippen molar-refractivity contribution in [1.29, 1.82) is 5.26 Å². The number of pyridine rings is 1. The first kappa shape index (κ1) is 12.9. The lowest BCUT2D eigenvalue weighted by Gasteiger charge is -2.07. The van der Waals surface area contributed by atoms with Gasteiger partial charge in [-0.25, -0.2) is 4.98 Å². The number of rotatable bonds is 2. The molecule has 100 valence electrons. The molecule has 3 aromatic rings. The molecule has 0 saturated heterocycles. The van der Waals surface area contributed by atoms with Crippen LogP contribution in [0.3, 0.4) is 0 Å². The van der Waals surface area contributed by atoms with Crippen LogP contribution in [0.1, 0.15) is 5.69 Å². The van der Waals surface area contributed by atoms with E-state index >= 15 is 0 Å². The average molecular weight is 272 g/mol. The summed E-state index contributed by atoms with van der Waals surface area (Å²) in [5.74, 6) is 0.208. The number of nitriles is 1. The molecular weight excluding hydrogens is 260 g/mol. The first-order chi connectivity index (χ1) is 10.3. The molecule has 0 aliphatic heterocycles. The Bertz CT molecular complexity index is 803. The SMILES string of the molecule is N#Cc1nc(-c2ccc(O)cc2)ccc1-c1ccccc1. The lowest BCUT2D eigenvalue weighted by molar-refractivity contribution is 0.475. The van der Waals surface area contributed by atoms with Crippen molar-refractivity contribution < 1.29 is 5.11 Å². The van der Waals surface area contributed by atoms with Gasteiger partial charge < -0.3 is 5.11 Å². The van der Waals surface area contributed by atoms with E-state index in [1.807, 2.05) is 42.5 Å². The van der Waals surface area contributed by atoms with Crippen LogP contribution in [0.4, 0.5) is 0 Å². The number of aromatic hydroxyl groups is 1. The Balaban J connectivity index is 2.08. The Morgan fingerprint density at radius 2 is 1.52 bits per heavy atom. The third-order valence-corrected chi connectivity index (χ3v) is 3.25. The quantitative estimate of drug-likeness (QED) is 0.767. The molecule has 0 aliphatic rings. The van der Waals surface area contributed by atoms with Crippen LogP contribution in [0.2, 0.25) is 0 Å². The highest BCUT2D eigenvalue weighted by molar-refractivity contribution is 5.72. The van der Waals surface area contributed by atoms with Gasteiger partial charge in [0.25, 0.3) is 0 Å². The van der Waals surface area contributed by atoms with Crippen molar-refractivity contribution in [2.75, 3.05) is 0 Å². The summed E-state index contributed by atoms with van der Waals surface area (Å²) in [5, 5.41) is 18.7. The second-order valence-electron chi connectivity index (χ2n) is 4.62. The van der Waals surface area contributed by atoms with E-state index < -0.39 is 0 Å². The summed E-state index contributed by atoms with van der Waals surface area (Å²) in [6, 6.07) is 22.4. The number of phenols is 1. The van der Waals surface area contributed by atoms with Gasteiger partial charge in [0.1, 0.15) is 17.5 Å². The molecule has 1 N–H and O–H groups in total. The summed E-state index contributed by atoms with van der Waals surface area (Å²) in [5.41, 5.74) is 3.77. The molecule has 0 radical (unpaired) electrons. The van der Waals surface area contributed by atoms with Crippen LogP contribution in [0, 0.1) is 11.3 Å². The summed E-state index contributed by atoms with van der Waals surface area (Å²) in [7, 11) is 0. The second-order valence-corrected chi connectivity index (χ2v) is 4.62. The Kier molecular flexibility index (Phi) is 3.36. The number of hydrogen-bond donors (Lipinski definition) is 1. The van der Waals surface area contributed by atoms with Gasteiger partial charge in [-0.3, -0.25) is 0 Å². The summed E-state index contributed by atoms with van der Waals surface area (Å²) < 4.78 is 0.